The minimum absolute atomic E-state index is 0.0405. The minimum atomic E-state index is -0.785. The highest BCUT2D eigenvalue weighted by molar-refractivity contribution is 8.02. The van der Waals surface area contributed by atoms with Gasteiger partial charge in [-0.2, -0.15) is 0 Å². The lowest BCUT2D eigenvalue weighted by molar-refractivity contribution is -0.148. The molecule has 1 N–H and O–H groups in total. The van der Waals surface area contributed by atoms with Gasteiger partial charge >= 0.3 is 0 Å². The standard InChI is InChI=1S/C35H51N3O5S/c1-10-19-36(24-13-15-25(16-14-24)43-12-3)30(40)27-26-17-18-35(44-26)28(27)31(41)38(23(4)21-39)29(35)32(42)37(20-11-2)34(8,9)22-33(5,6)7/h10-11,13-16,23,26-29,39H,1-2,12,17-22H2,3-9H3/t23-,26+,27-,28+,29?,35?/m1/s1. The number of fused-ring (bicyclic) bond motifs is 1. The summed E-state index contributed by atoms with van der Waals surface area (Å²) in [6.07, 6.45) is 5.59. The van der Waals surface area contributed by atoms with E-state index < -0.39 is 34.2 Å². The number of anilines is 1. The molecular weight excluding hydrogens is 574 g/mol. The van der Waals surface area contributed by atoms with Crippen LogP contribution in [-0.2, 0) is 14.4 Å². The van der Waals surface area contributed by atoms with Crippen LogP contribution in [0.4, 0.5) is 5.69 Å². The summed E-state index contributed by atoms with van der Waals surface area (Å²) in [5.74, 6) is -1.01. The molecule has 3 fully saturated rings. The zero-order valence-corrected chi connectivity index (χ0v) is 28.4. The van der Waals surface area contributed by atoms with Crippen LogP contribution in [-0.4, -0.2) is 86.6 Å². The Morgan fingerprint density at radius 3 is 2.32 bits per heavy atom. The molecule has 0 aromatic heterocycles. The summed E-state index contributed by atoms with van der Waals surface area (Å²) >= 11 is 1.65. The molecule has 242 valence electrons. The smallest absolute Gasteiger partial charge is 0.247 e. The molecule has 44 heavy (non-hydrogen) atoms. The minimum Gasteiger partial charge on any atom is -0.494 e. The molecule has 3 amide bonds. The van der Waals surface area contributed by atoms with E-state index in [4.69, 9.17) is 4.74 Å². The second-order valence-corrected chi connectivity index (χ2v) is 15.9. The lowest BCUT2D eigenvalue weighted by Gasteiger charge is -2.46. The summed E-state index contributed by atoms with van der Waals surface area (Å²) in [4.78, 5) is 49.0. The van der Waals surface area contributed by atoms with Gasteiger partial charge in [-0.25, -0.2) is 0 Å². The number of aliphatic hydroxyl groups excluding tert-OH is 1. The van der Waals surface area contributed by atoms with Gasteiger partial charge in [0.2, 0.25) is 17.7 Å². The highest BCUT2D eigenvalue weighted by Crippen LogP contribution is 2.67. The number of carbonyl (C=O) groups excluding carboxylic acids is 3. The SMILES string of the molecule is C=CCN(C(=O)[C@@H]1[C@@H]2CCC3(S2)C(C(=O)N(CC=C)C(C)(C)CC(C)(C)C)N([C@H](C)CO)C(=O)[C@H]13)c1ccc(OCC)cc1. The molecule has 2 bridgehead atoms. The van der Waals surface area contributed by atoms with E-state index in [1.54, 1.807) is 40.6 Å². The van der Waals surface area contributed by atoms with Gasteiger partial charge < -0.3 is 24.5 Å². The quantitative estimate of drug-likeness (QED) is 0.299. The van der Waals surface area contributed by atoms with E-state index in [2.05, 4.69) is 47.8 Å². The molecule has 2 unspecified atom stereocenters. The number of amides is 3. The number of hydrogen-bond acceptors (Lipinski definition) is 6. The van der Waals surface area contributed by atoms with Crippen molar-refractivity contribution in [1.82, 2.24) is 9.80 Å². The van der Waals surface area contributed by atoms with Crippen LogP contribution >= 0.6 is 11.8 Å². The third-order valence-electron chi connectivity index (χ3n) is 9.30. The first-order chi connectivity index (χ1) is 20.7. The molecule has 4 rings (SSSR count). The van der Waals surface area contributed by atoms with Gasteiger partial charge in [0.1, 0.15) is 11.8 Å². The van der Waals surface area contributed by atoms with Gasteiger partial charge in [-0.1, -0.05) is 32.9 Å². The first kappa shape index (κ1) is 34.1. The molecular formula is C35H51N3O5S. The Labute approximate surface area is 267 Å². The average Bonchev–Trinajstić information content (AvgIpc) is 3.60. The average molecular weight is 626 g/mol. The lowest BCUT2D eigenvalue weighted by Crippen LogP contribution is -2.61. The molecule has 0 saturated carbocycles. The van der Waals surface area contributed by atoms with Gasteiger partial charge in [-0.15, -0.1) is 24.9 Å². The van der Waals surface area contributed by atoms with Crippen molar-refractivity contribution in [2.45, 2.75) is 95.3 Å². The Balaban J connectivity index is 1.76. The topological polar surface area (TPSA) is 90.4 Å². The fraction of sp³-hybridized carbons (Fsp3) is 0.629. The van der Waals surface area contributed by atoms with E-state index in [1.807, 2.05) is 36.1 Å². The van der Waals surface area contributed by atoms with Crippen molar-refractivity contribution in [2.75, 3.05) is 31.2 Å². The Morgan fingerprint density at radius 2 is 1.77 bits per heavy atom. The van der Waals surface area contributed by atoms with Gasteiger partial charge in [0, 0.05) is 29.6 Å². The third kappa shape index (κ3) is 6.06. The number of hydrogen-bond donors (Lipinski definition) is 1. The Hall–Kier alpha value is -2.78. The van der Waals surface area contributed by atoms with Crippen LogP contribution in [0.3, 0.4) is 0 Å². The summed E-state index contributed by atoms with van der Waals surface area (Å²) in [6.45, 7) is 23.1. The van der Waals surface area contributed by atoms with Crippen LogP contribution in [0, 0.1) is 17.3 Å². The Kier molecular flexibility index (Phi) is 10.0. The Morgan fingerprint density at radius 1 is 1.14 bits per heavy atom. The molecule has 9 heteroatoms. The van der Waals surface area contributed by atoms with Crippen molar-refractivity contribution < 1.29 is 24.2 Å². The highest BCUT2D eigenvalue weighted by Gasteiger charge is 2.74. The normalized spacial score (nSPS) is 26.7. The van der Waals surface area contributed by atoms with Crippen LogP contribution in [0.15, 0.2) is 49.6 Å². The summed E-state index contributed by atoms with van der Waals surface area (Å²) in [6, 6.07) is 6.04. The summed E-state index contributed by atoms with van der Waals surface area (Å²) in [7, 11) is 0. The van der Waals surface area contributed by atoms with Crippen LogP contribution < -0.4 is 9.64 Å². The monoisotopic (exact) mass is 625 g/mol. The van der Waals surface area contributed by atoms with Crippen LogP contribution in [0.2, 0.25) is 0 Å². The van der Waals surface area contributed by atoms with Gasteiger partial charge in [-0.05, 0) is 76.6 Å². The highest BCUT2D eigenvalue weighted by atomic mass is 32.2. The van der Waals surface area contributed by atoms with E-state index in [0.29, 0.717) is 31.8 Å². The molecule has 1 spiro atoms. The molecule has 6 atom stereocenters. The molecule has 3 heterocycles. The fourth-order valence-corrected chi connectivity index (χ4v) is 10.2. The number of carbonyl (C=O) groups is 3. The number of nitrogens with zero attached hydrogens (tertiary/aromatic N) is 3. The van der Waals surface area contributed by atoms with E-state index in [1.165, 1.54) is 0 Å². The first-order valence-corrected chi connectivity index (χ1v) is 16.7. The van der Waals surface area contributed by atoms with Gasteiger partial charge in [0.15, 0.2) is 0 Å². The number of likely N-dealkylation sites (tertiary alicyclic amines) is 1. The second-order valence-electron chi connectivity index (χ2n) is 14.3. The maximum absolute atomic E-state index is 14.9. The lowest BCUT2D eigenvalue weighted by atomic mass is 9.70. The number of rotatable bonds is 13. The van der Waals surface area contributed by atoms with Crippen molar-refractivity contribution in [3.05, 3.63) is 49.6 Å². The second kappa shape index (κ2) is 12.9. The van der Waals surface area contributed by atoms with Crippen LogP contribution in [0.1, 0.15) is 67.7 Å². The van der Waals surface area contributed by atoms with Gasteiger partial charge in [-0.3, -0.25) is 14.4 Å². The zero-order valence-electron chi connectivity index (χ0n) is 27.5. The van der Waals surface area contributed by atoms with E-state index in [-0.39, 0.29) is 35.0 Å². The third-order valence-corrected chi connectivity index (χ3v) is 11.3. The van der Waals surface area contributed by atoms with Crippen molar-refractivity contribution in [3.63, 3.8) is 0 Å². The van der Waals surface area contributed by atoms with Crippen LogP contribution in [0.25, 0.3) is 0 Å². The number of benzene rings is 1. The largest absolute Gasteiger partial charge is 0.494 e. The molecule has 3 saturated heterocycles. The van der Waals surface area contributed by atoms with Crippen LogP contribution in [0.5, 0.6) is 5.75 Å². The maximum atomic E-state index is 14.9. The number of thioether (sulfide) groups is 1. The van der Waals surface area contributed by atoms with Crippen molar-refractivity contribution >= 4 is 35.2 Å². The molecule has 1 aromatic carbocycles. The first-order valence-electron chi connectivity index (χ1n) is 15.9. The fourth-order valence-electron chi connectivity index (χ4n) is 8.04. The van der Waals surface area contributed by atoms with E-state index in [9.17, 15) is 19.5 Å². The predicted molar refractivity (Wildman–Crippen MR) is 178 cm³/mol. The van der Waals surface area contributed by atoms with E-state index in [0.717, 1.165) is 18.6 Å². The number of aliphatic hydroxyl groups is 1. The Bertz CT molecular complexity index is 1260. The number of ether oxygens (including phenoxy) is 1. The van der Waals surface area contributed by atoms with Crippen molar-refractivity contribution in [2.24, 2.45) is 17.3 Å². The molecule has 3 aliphatic rings. The molecule has 0 aliphatic carbocycles. The molecule has 1 aromatic rings. The summed E-state index contributed by atoms with van der Waals surface area (Å²) in [5, 5.41) is 10.2. The molecule has 0 radical (unpaired) electrons. The van der Waals surface area contributed by atoms with E-state index >= 15 is 0 Å². The predicted octanol–water partition coefficient (Wildman–Crippen LogP) is 5.31. The molecule has 8 nitrogen and oxygen atoms in total. The maximum Gasteiger partial charge on any atom is 0.247 e. The zero-order chi connectivity index (χ0) is 32.6. The van der Waals surface area contributed by atoms with Crippen molar-refractivity contribution in [1.29, 1.82) is 0 Å². The van der Waals surface area contributed by atoms with Gasteiger partial charge in [0.25, 0.3) is 0 Å². The van der Waals surface area contributed by atoms with Gasteiger partial charge in [0.05, 0.1) is 35.8 Å². The summed E-state index contributed by atoms with van der Waals surface area (Å²) < 4.78 is 4.85. The molecule has 3 aliphatic heterocycles. The summed E-state index contributed by atoms with van der Waals surface area (Å²) in [5.41, 5.74) is 0.154. The van der Waals surface area contributed by atoms with Crippen molar-refractivity contribution in [3.8, 4) is 5.75 Å².